The Labute approximate surface area is 91.2 Å². The van der Waals surface area contributed by atoms with E-state index in [9.17, 15) is 0 Å². The molecule has 0 aliphatic carbocycles. The van der Waals surface area contributed by atoms with Crippen LogP contribution in [0.2, 0.25) is 0 Å². The van der Waals surface area contributed by atoms with Gasteiger partial charge in [0.1, 0.15) is 11.2 Å². The van der Waals surface area contributed by atoms with Crippen molar-refractivity contribution in [2.24, 2.45) is 0 Å². The van der Waals surface area contributed by atoms with E-state index in [0.717, 1.165) is 0 Å². The van der Waals surface area contributed by atoms with Gasteiger partial charge < -0.3 is 10.3 Å². The molecule has 0 amide bonds. The van der Waals surface area contributed by atoms with Crippen molar-refractivity contribution in [3.05, 3.63) is 23.1 Å². The van der Waals surface area contributed by atoms with Gasteiger partial charge in [0.25, 0.3) is 5.71 Å². The van der Waals surface area contributed by atoms with Crippen molar-refractivity contribution in [2.45, 2.75) is 13.5 Å². The Kier molecular flexibility index (Phi) is 2.28. The lowest BCUT2D eigenvalue weighted by molar-refractivity contribution is 0.442. The second kappa shape index (κ2) is 3.47. The molecular formula is C9H10N4OS. The van der Waals surface area contributed by atoms with Gasteiger partial charge in [-0.05, 0) is 19.1 Å². The summed E-state index contributed by atoms with van der Waals surface area (Å²) in [6.07, 6.45) is 1.71. The van der Waals surface area contributed by atoms with Crippen LogP contribution >= 0.6 is 12.2 Å². The summed E-state index contributed by atoms with van der Waals surface area (Å²) >= 11 is 5.08. The zero-order valence-electron chi connectivity index (χ0n) is 8.23. The zero-order valence-corrected chi connectivity index (χ0v) is 9.04. The molecule has 0 aromatic carbocycles. The number of nitrogens with zero attached hydrogens (tertiary/aromatic N) is 3. The summed E-state index contributed by atoms with van der Waals surface area (Å²) in [5.74, 6) is 0.517. The predicted octanol–water partition coefficient (Wildman–Crippen LogP) is 1.83. The summed E-state index contributed by atoms with van der Waals surface area (Å²) < 4.78 is 7.06. The molecule has 6 heteroatoms. The fourth-order valence-electron chi connectivity index (χ4n) is 1.42. The average Bonchev–Trinajstić information content (AvgIpc) is 2.54. The molecule has 0 saturated carbocycles. The molecule has 0 bridgehead atoms. The number of fused-ring (bicyclic) bond motifs is 1. The van der Waals surface area contributed by atoms with Gasteiger partial charge >= 0.3 is 0 Å². The Balaban J connectivity index is 2.87. The number of nitrogens with two attached hydrogens (primary N) is 1. The maximum atomic E-state index is 5.96. The molecule has 0 aliphatic rings. The smallest absolute Gasteiger partial charge is 0.264 e. The summed E-state index contributed by atoms with van der Waals surface area (Å²) in [7, 11) is 0. The molecule has 2 aromatic rings. The van der Waals surface area contributed by atoms with Gasteiger partial charge in [-0.2, -0.15) is 4.98 Å². The molecule has 0 unspecified atom stereocenters. The van der Waals surface area contributed by atoms with Crippen molar-refractivity contribution in [2.75, 3.05) is 5.73 Å². The van der Waals surface area contributed by atoms with Gasteiger partial charge in [-0.25, -0.2) is 0 Å². The maximum Gasteiger partial charge on any atom is 0.264 e. The molecule has 2 heterocycles. The van der Waals surface area contributed by atoms with Gasteiger partial charge in [0.15, 0.2) is 0 Å². The first-order valence-electron chi connectivity index (χ1n) is 4.38. The Morgan fingerprint density at radius 2 is 2.40 bits per heavy atom. The third kappa shape index (κ3) is 1.42. The van der Waals surface area contributed by atoms with Gasteiger partial charge in [0.05, 0.1) is 5.69 Å². The molecule has 0 atom stereocenters. The van der Waals surface area contributed by atoms with E-state index in [4.69, 9.17) is 22.5 Å². The van der Waals surface area contributed by atoms with Crippen LogP contribution in [0.3, 0.4) is 0 Å². The first-order valence-corrected chi connectivity index (χ1v) is 4.79. The number of anilines is 1. The van der Waals surface area contributed by atoms with Crippen LogP contribution in [0, 0.1) is 11.7 Å². The van der Waals surface area contributed by atoms with Crippen LogP contribution in [0.5, 0.6) is 0 Å². The molecule has 0 aliphatic heterocycles. The standard InChI is InChI=1S/C9H10N4OS/c1-3-4-13-7(10)6-5(2)12-14-8(6)11-9(13)15/h3H,1,4,10H2,2H3. The van der Waals surface area contributed by atoms with Gasteiger partial charge in [0.2, 0.25) is 4.77 Å². The summed E-state index contributed by atoms with van der Waals surface area (Å²) in [6.45, 7) is 5.98. The van der Waals surface area contributed by atoms with E-state index >= 15 is 0 Å². The lowest BCUT2D eigenvalue weighted by Crippen LogP contribution is -2.08. The van der Waals surface area contributed by atoms with E-state index in [1.807, 2.05) is 6.92 Å². The van der Waals surface area contributed by atoms with Gasteiger partial charge in [-0.1, -0.05) is 11.2 Å². The quantitative estimate of drug-likeness (QED) is 0.620. The van der Waals surface area contributed by atoms with Gasteiger partial charge in [-0.15, -0.1) is 6.58 Å². The van der Waals surface area contributed by atoms with Gasteiger partial charge in [-0.3, -0.25) is 4.57 Å². The molecule has 2 aromatic heterocycles. The minimum atomic E-state index is 0.371. The number of nitrogen functional groups attached to an aromatic ring is 1. The van der Waals surface area contributed by atoms with E-state index in [-0.39, 0.29) is 0 Å². The molecule has 78 valence electrons. The fraction of sp³-hybridized carbons (Fsp3) is 0.222. The minimum absolute atomic E-state index is 0.371. The van der Waals surface area contributed by atoms with Crippen molar-refractivity contribution < 1.29 is 4.52 Å². The normalized spacial score (nSPS) is 10.7. The van der Waals surface area contributed by atoms with E-state index in [2.05, 4.69) is 16.7 Å². The van der Waals surface area contributed by atoms with Crippen LogP contribution < -0.4 is 5.73 Å². The maximum absolute atomic E-state index is 5.96. The minimum Gasteiger partial charge on any atom is -0.384 e. The molecular weight excluding hydrogens is 212 g/mol. The number of hydrogen-bond donors (Lipinski definition) is 1. The van der Waals surface area contributed by atoms with E-state index in [1.165, 1.54) is 0 Å². The molecule has 0 fully saturated rings. The van der Waals surface area contributed by atoms with Crippen LogP contribution in [-0.2, 0) is 6.54 Å². The third-order valence-electron chi connectivity index (χ3n) is 2.13. The van der Waals surface area contributed by atoms with Crippen LogP contribution in [0.15, 0.2) is 17.2 Å². The largest absolute Gasteiger partial charge is 0.384 e. The molecule has 15 heavy (non-hydrogen) atoms. The highest BCUT2D eigenvalue weighted by Crippen LogP contribution is 2.22. The van der Waals surface area contributed by atoms with Crippen LogP contribution in [-0.4, -0.2) is 14.7 Å². The van der Waals surface area contributed by atoms with Gasteiger partial charge in [0, 0.05) is 6.54 Å². The molecule has 0 spiro atoms. The van der Waals surface area contributed by atoms with Crippen LogP contribution in [0.4, 0.5) is 5.82 Å². The molecule has 0 saturated heterocycles. The number of aromatic nitrogens is 3. The van der Waals surface area contributed by atoms with E-state index in [0.29, 0.717) is 33.9 Å². The number of hydrogen-bond acceptors (Lipinski definition) is 5. The molecule has 2 rings (SSSR count). The Hall–Kier alpha value is -1.69. The molecule has 2 N–H and O–H groups in total. The summed E-state index contributed by atoms with van der Waals surface area (Å²) in [4.78, 5) is 4.10. The Bertz CT molecular complexity index is 584. The lowest BCUT2D eigenvalue weighted by Gasteiger charge is -2.07. The Morgan fingerprint density at radius 1 is 1.67 bits per heavy atom. The van der Waals surface area contributed by atoms with Crippen molar-refractivity contribution in [3.63, 3.8) is 0 Å². The average molecular weight is 222 g/mol. The lowest BCUT2D eigenvalue weighted by atomic mass is 10.3. The first-order chi connectivity index (χ1) is 7.15. The van der Waals surface area contributed by atoms with Crippen LogP contribution in [0.25, 0.3) is 11.1 Å². The molecule has 0 radical (unpaired) electrons. The fourth-order valence-corrected chi connectivity index (χ4v) is 1.68. The number of rotatable bonds is 2. The number of aryl methyl sites for hydroxylation is 1. The van der Waals surface area contributed by atoms with Crippen molar-refractivity contribution in [1.82, 2.24) is 14.7 Å². The third-order valence-corrected chi connectivity index (χ3v) is 2.44. The second-order valence-corrected chi connectivity index (χ2v) is 3.49. The number of allylic oxidation sites excluding steroid dienone is 1. The van der Waals surface area contributed by atoms with Crippen molar-refractivity contribution in [1.29, 1.82) is 0 Å². The summed E-state index contributed by atoms with van der Waals surface area (Å²) in [5.41, 5.74) is 7.06. The van der Waals surface area contributed by atoms with E-state index in [1.54, 1.807) is 10.6 Å². The SMILES string of the molecule is C=CCn1c(N)c2c(C)noc2nc1=S. The Morgan fingerprint density at radius 3 is 3.07 bits per heavy atom. The first kappa shape index (κ1) is 9.85. The molecule has 5 nitrogen and oxygen atoms in total. The summed E-state index contributed by atoms with van der Waals surface area (Å²) in [5, 5.41) is 4.51. The highest BCUT2D eigenvalue weighted by Gasteiger charge is 2.12. The highest BCUT2D eigenvalue weighted by molar-refractivity contribution is 7.71. The monoisotopic (exact) mass is 222 g/mol. The highest BCUT2D eigenvalue weighted by atomic mass is 32.1. The van der Waals surface area contributed by atoms with Crippen molar-refractivity contribution in [3.8, 4) is 0 Å². The summed E-state index contributed by atoms with van der Waals surface area (Å²) in [6, 6.07) is 0. The second-order valence-electron chi connectivity index (χ2n) is 3.13. The van der Waals surface area contributed by atoms with E-state index < -0.39 is 0 Å². The predicted molar refractivity (Wildman–Crippen MR) is 60.0 cm³/mol. The topological polar surface area (TPSA) is 69.9 Å². The van der Waals surface area contributed by atoms with Crippen LogP contribution in [0.1, 0.15) is 5.69 Å². The van der Waals surface area contributed by atoms with Crippen molar-refractivity contribution >= 4 is 29.1 Å². The zero-order chi connectivity index (χ0) is 11.0.